The van der Waals surface area contributed by atoms with Crippen LogP contribution in [0, 0.1) is 0 Å². The molecular weight excluding hydrogens is 181 g/mol. The van der Waals surface area contributed by atoms with Gasteiger partial charge in [0.15, 0.2) is 0 Å². The fourth-order valence-corrected chi connectivity index (χ4v) is 1.49. The first-order valence-corrected chi connectivity index (χ1v) is 5.11. The lowest BCUT2D eigenvalue weighted by molar-refractivity contribution is -0.109. The second-order valence-electron chi connectivity index (χ2n) is 2.84. The number of carbonyl (C=O) groups is 1. The molecule has 1 N–H and O–H groups in total. The molecular formula is C10H14NOP. The average molecular weight is 195 g/mol. The molecule has 0 spiro atoms. The van der Waals surface area contributed by atoms with Gasteiger partial charge in [0.2, 0.25) is 0 Å². The maximum atomic E-state index is 10.6. The van der Waals surface area contributed by atoms with Crippen LogP contribution in [0.3, 0.4) is 0 Å². The second kappa shape index (κ2) is 5.85. The summed E-state index contributed by atoms with van der Waals surface area (Å²) >= 11 is 0. The van der Waals surface area contributed by atoms with E-state index in [0.29, 0.717) is 0 Å². The number of nitrogens with one attached hydrogen (secondary N) is 1. The van der Waals surface area contributed by atoms with Gasteiger partial charge in [-0.1, -0.05) is 30.3 Å². The Morgan fingerprint density at radius 3 is 2.62 bits per heavy atom. The first-order valence-electron chi connectivity index (χ1n) is 4.29. The molecule has 0 radical (unpaired) electrons. The lowest BCUT2D eigenvalue weighted by Crippen LogP contribution is -2.31. The molecule has 2 atom stereocenters. The summed E-state index contributed by atoms with van der Waals surface area (Å²) in [6.07, 6.45) is 2.46. The van der Waals surface area contributed by atoms with E-state index >= 15 is 0 Å². The van der Waals surface area contributed by atoms with Crippen LogP contribution < -0.4 is 5.32 Å². The van der Waals surface area contributed by atoms with E-state index in [-0.39, 0.29) is 6.04 Å². The molecule has 0 aromatic heterocycles. The predicted molar refractivity (Wildman–Crippen MR) is 57.7 cm³/mol. The number of benzene rings is 1. The van der Waals surface area contributed by atoms with Gasteiger partial charge in [-0.2, -0.15) is 0 Å². The Hall–Kier alpha value is -0.720. The van der Waals surface area contributed by atoms with Gasteiger partial charge in [0.25, 0.3) is 0 Å². The molecule has 0 bridgehead atoms. The van der Waals surface area contributed by atoms with Gasteiger partial charge in [0, 0.05) is 6.29 Å². The van der Waals surface area contributed by atoms with Crippen LogP contribution >= 0.6 is 9.24 Å². The third-order valence-corrected chi connectivity index (χ3v) is 2.08. The van der Waals surface area contributed by atoms with Crippen LogP contribution in [0.1, 0.15) is 5.56 Å². The molecule has 0 heterocycles. The Bertz CT molecular complexity index is 250. The van der Waals surface area contributed by atoms with E-state index < -0.39 is 0 Å². The van der Waals surface area contributed by atoms with E-state index in [1.54, 1.807) is 0 Å². The van der Waals surface area contributed by atoms with Gasteiger partial charge in [0.1, 0.15) is 6.29 Å². The zero-order valence-electron chi connectivity index (χ0n) is 7.44. The van der Waals surface area contributed by atoms with Crippen LogP contribution in [0.5, 0.6) is 0 Å². The van der Waals surface area contributed by atoms with Gasteiger partial charge in [0.05, 0.1) is 6.04 Å². The van der Waals surface area contributed by atoms with Crippen molar-refractivity contribution in [1.29, 1.82) is 0 Å². The maximum Gasteiger partial charge on any atom is 0.137 e. The van der Waals surface area contributed by atoms with E-state index in [1.165, 1.54) is 5.56 Å². The first kappa shape index (κ1) is 10.4. The molecule has 0 aliphatic heterocycles. The summed E-state index contributed by atoms with van der Waals surface area (Å²) < 4.78 is 0. The van der Waals surface area contributed by atoms with E-state index in [9.17, 15) is 4.79 Å². The highest BCUT2D eigenvalue weighted by Crippen LogP contribution is 2.01. The number of rotatable bonds is 5. The zero-order chi connectivity index (χ0) is 9.52. The van der Waals surface area contributed by atoms with E-state index in [4.69, 9.17) is 0 Å². The molecule has 1 rings (SSSR count). The third-order valence-electron chi connectivity index (χ3n) is 1.84. The number of aldehydes is 1. The van der Waals surface area contributed by atoms with Crippen molar-refractivity contribution in [3.8, 4) is 0 Å². The summed E-state index contributed by atoms with van der Waals surface area (Å²) in [5, 5.41) is 3.08. The molecule has 0 amide bonds. The molecule has 1 aromatic carbocycles. The summed E-state index contributed by atoms with van der Waals surface area (Å²) in [7, 11) is 2.55. The molecule has 3 heteroatoms. The molecule has 0 fully saturated rings. The van der Waals surface area contributed by atoms with Crippen molar-refractivity contribution in [1.82, 2.24) is 5.32 Å². The van der Waals surface area contributed by atoms with Gasteiger partial charge in [-0.05, 0) is 12.0 Å². The third kappa shape index (κ3) is 3.67. The maximum absolute atomic E-state index is 10.6. The molecule has 0 aliphatic rings. The molecule has 0 saturated carbocycles. The topological polar surface area (TPSA) is 29.1 Å². The standard InChI is InChI=1S/C10H14NOP/c12-7-10(11-8-13)6-9-4-2-1-3-5-9/h1-5,7,10-11H,6,8,13H2/t10-/m0/s1. The van der Waals surface area contributed by atoms with Crippen LogP contribution in [-0.2, 0) is 11.2 Å². The average Bonchev–Trinajstić information content (AvgIpc) is 2.19. The highest BCUT2D eigenvalue weighted by molar-refractivity contribution is 7.16. The smallest absolute Gasteiger partial charge is 0.137 e. The van der Waals surface area contributed by atoms with E-state index in [1.807, 2.05) is 30.3 Å². The van der Waals surface area contributed by atoms with Gasteiger partial charge in [-0.3, -0.25) is 0 Å². The molecule has 1 aromatic rings. The van der Waals surface area contributed by atoms with Gasteiger partial charge in [-0.25, -0.2) is 0 Å². The van der Waals surface area contributed by atoms with Crippen LogP contribution in [0.25, 0.3) is 0 Å². The Labute approximate surface area is 80.9 Å². The fraction of sp³-hybridized carbons (Fsp3) is 0.300. The zero-order valence-corrected chi connectivity index (χ0v) is 8.60. The molecule has 0 aliphatic carbocycles. The molecule has 70 valence electrons. The highest BCUT2D eigenvalue weighted by Gasteiger charge is 2.05. The Morgan fingerprint density at radius 1 is 1.38 bits per heavy atom. The Kier molecular flexibility index (Phi) is 4.66. The number of hydrogen-bond acceptors (Lipinski definition) is 2. The normalized spacial score (nSPS) is 12.4. The van der Waals surface area contributed by atoms with E-state index in [2.05, 4.69) is 14.6 Å². The molecule has 1 unspecified atom stereocenters. The monoisotopic (exact) mass is 195 g/mol. The largest absolute Gasteiger partial charge is 0.304 e. The molecule has 2 nitrogen and oxygen atoms in total. The summed E-state index contributed by atoms with van der Waals surface area (Å²) in [4.78, 5) is 10.6. The number of carbonyl (C=O) groups excluding carboxylic acids is 1. The number of hydrogen-bond donors (Lipinski definition) is 1. The summed E-state index contributed by atoms with van der Waals surface area (Å²) in [6.45, 7) is 0. The van der Waals surface area contributed by atoms with Crippen molar-refractivity contribution < 1.29 is 4.79 Å². The summed E-state index contributed by atoms with van der Waals surface area (Å²) in [5.41, 5.74) is 1.19. The van der Waals surface area contributed by atoms with Crippen LogP contribution in [0.4, 0.5) is 0 Å². The second-order valence-corrected chi connectivity index (χ2v) is 3.25. The van der Waals surface area contributed by atoms with Crippen LogP contribution in [0.15, 0.2) is 30.3 Å². The van der Waals surface area contributed by atoms with Crippen molar-refractivity contribution >= 4 is 15.5 Å². The van der Waals surface area contributed by atoms with Crippen LogP contribution in [-0.4, -0.2) is 18.6 Å². The van der Waals surface area contributed by atoms with Crippen molar-refractivity contribution in [2.75, 3.05) is 6.29 Å². The first-order chi connectivity index (χ1) is 6.36. The molecule has 13 heavy (non-hydrogen) atoms. The van der Waals surface area contributed by atoms with Gasteiger partial charge in [-0.15, -0.1) is 9.24 Å². The van der Waals surface area contributed by atoms with Gasteiger partial charge < -0.3 is 10.1 Å². The lowest BCUT2D eigenvalue weighted by atomic mass is 10.1. The minimum Gasteiger partial charge on any atom is -0.304 e. The lowest BCUT2D eigenvalue weighted by Gasteiger charge is -2.10. The fourth-order valence-electron chi connectivity index (χ4n) is 1.19. The van der Waals surface area contributed by atoms with Gasteiger partial charge >= 0.3 is 0 Å². The quantitative estimate of drug-likeness (QED) is 0.565. The summed E-state index contributed by atoms with van der Waals surface area (Å²) in [6, 6.07) is 9.93. The summed E-state index contributed by atoms with van der Waals surface area (Å²) in [5.74, 6) is 0. The highest BCUT2D eigenvalue weighted by atomic mass is 31.0. The Balaban J connectivity index is 2.51. The van der Waals surface area contributed by atoms with Crippen molar-refractivity contribution in [2.45, 2.75) is 12.5 Å². The van der Waals surface area contributed by atoms with Crippen LogP contribution in [0.2, 0.25) is 0 Å². The van der Waals surface area contributed by atoms with E-state index in [0.717, 1.165) is 19.0 Å². The SMILES string of the molecule is O=C[C@H](Cc1ccccc1)NCP. The van der Waals surface area contributed by atoms with Crippen molar-refractivity contribution in [3.63, 3.8) is 0 Å². The predicted octanol–water partition coefficient (Wildman–Crippen LogP) is 1.22. The minimum absolute atomic E-state index is 0.0695. The molecule has 0 saturated heterocycles. The van der Waals surface area contributed by atoms with Crippen molar-refractivity contribution in [3.05, 3.63) is 35.9 Å². The minimum atomic E-state index is -0.0695. The Morgan fingerprint density at radius 2 is 2.08 bits per heavy atom. The van der Waals surface area contributed by atoms with Crippen molar-refractivity contribution in [2.24, 2.45) is 0 Å².